The number of hydrogen-bond donors (Lipinski definition) is 2. The van der Waals surface area contributed by atoms with Crippen molar-refractivity contribution in [1.29, 1.82) is 0 Å². The number of hydrogen-bond acceptors (Lipinski definition) is 4. The fraction of sp³-hybridized carbons (Fsp3) is 0.500. The van der Waals surface area contributed by atoms with E-state index < -0.39 is 10.0 Å². The van der Waals surface area contributed by atoms with Gasteiger partial charge in [0.1, 0.15) is 0 Å². The summed E-state index contributed by atoms with van der Waals surface area (Å²) in [5, 5.41) is 12.0. The van der Waals surface area contributed by atoms with Gasteiger partial charge in [-0.25, -0.2) is 8.42 Å². The number of carbonyl (C=O) groups excluding carboxylic acids is 1. The number of anilines is 1. The smallest absolute Gasteiger partial charge is 0.243 e. The van der Waals surface area contributed by atoms with Crippen LogP contribution in [0.15, 0.2) is 29.2 Å². The molecule has 116 valence electrons. The highest BCUT2D eigenvalue weighted by molar-refractivity contribution is 7.89. The number of rotatable bonds is 4. The van der Waals surface area contributed by atoms with Gasteiger partial charge in [0, 0.05) is 25.2 Å². The molecule has 0 bridgehead atoms. The Kier molecular flexibility index (Phi) is 4.97. The summed E-state index contributed by atoms with van der Waals surface area (Å²) in [4.78, 5) is 11.1. The molecular formula is C14H20N2O4S. The number of carbonyl (C=O) groups is 1. The minimum Gasteiger partial charge on any atom is -0.395 e. The number of benzene rings is 1. The van der Waals surface area contributed by atoms with Crippen LogP contribution in [-0.2, 0) is 14.8 Å². The fourth-order valence-corrected chi connectivity index (χ4v) is 4.21. The van der Waals surface area contributed by atoms with Crippen molar-refractivity contribution in [3.8, 4) is 0 Å². The highest BCUT2D eigenvalue weighted by atomic mass is 32.2. The van der Waals surface area contributed by atoms with Crippen molar-refractivity contribution >= 4 is 21.6 Å². The van der Waals surface area contributed by atoms with Gasteiger partial charge >= 0.3 is 0 Å². The molecule has 1 amide bonds. The second-order valence-electron chi connectivity index (χ2n) is 5.15. The molecule has 6 nitrogen and oxygen atoms in total. The number of nitrogens with one attached hydrogen (secondary N) is 1. The van der Waals surface area contributed by atoms with Crippen molar-refractivity contribution < 1.29 is 18.3 Å². The van der Waals surface area contributed by atoms with Crippen molar-refractivity contribution in [2.75, 3.05) is 18.5 Å². The molecule has 0 radical (unpaired) electrons. The maximum absolute atomic E-state index is 12.6. The van der Waals surface area contributed by atoms with E-state index in [1.807, 2.05) is 0 Å². The molecule has 1 aromatic rings. The Balaban J connectivity index is 2.24. The standard InChI is InChI=1S/C14H20N2O4S/c1-11(18)15-12-5-7-14(8-6-12)21(19,20)16-9-3-2-4-13(16)10-17/h5-8,13,17H,2-4,9-10H2,1H3,(H,15,18). The van der Waals surface area contributed by atoms with E-state index in [1.165, 1.54) is 23.4 Å². The molecule has 0 spiro atoms. The first kappa shape index (κ1) is 15.9. The third-order valence-electron chi connectivity index (χ3n) is 3.57. The first-order chi connectivity index (χ1) is 9.95. The number of nitrogens with zero attached hydrogens (tertiary/aromatic N) is 1. The first-order valence-electron chi connectivity index (χ1n) is 6.95. The molecule has 1 unspecified atom stereocenters. The Bertz CT molecular complexity index is 598. The topological polar surface area (TPSA) is 86.7 Å². The van der Waals surface area contributed by atoms with Gasteiger partial charge in [-0.15, -0.1) is 0 Å². The molecule has 1 aliphatic rings. The molecule has 1 fully saturated rings. The lowest BCUT2D eigenvalue weighted by molar-refractivity contribution is -0.114. The van der Waals surface area contributed by atoms with Crippen molar-refractivity contribution in [2.24, 2.45) is 0 Å². The zero-order chi connectivity index (χ0) is 15.5. The first-order valence-corrected chi connectivity index (χ1v) is 8.39. The van der Waals surface area contributed by atoms with E-state index in [0.29, 0.717) is 18.7 Å². The Morgan fingerprint density at radius 3 is 2.57 bits per heavy atom. The van der Waals surface area contributed by atoms with E-state index in [2.05, 4.69) is 5.32 Å². The summed E-state index contributed by atoms with van der Waals surface area (Å²) >= 11 is 0. The Labute approximate surface area is 124 Å². The van der Waals surface area contributed by atoms with Gasteiger partial charge < -0.3 is 10.4 Å². The normalized spacial score (nSPS) is 20.2. The third kappa shape index (κ3) is 3.61. The van der Waals surface area contributed by atoms with E-state index in [9.17, 15) is 18.3 Å². The van der Waals surface area contributed by atoms with Gasteiger partial charge in [-0.2, -0.15) is 4.31 Å². The molecule has 7 heteroatoms. The summed E-state index contributed by atoms with van der Waals surface area (Å²) in [6.07, 6.45) is 2.41. The molecule has 1 aromatic carbocycles. The lowest BCUT2D eigenvalue weighted by atomic mass is 10.1. The van der Waals surface area contributed by atoms with Crippen LogP contribution in [-0.4, -0.2) is 42.9 Å². The van der Waals surface area contributed by atoms with E-state index in [-0.39, 0.29) is 23.5 Å². The van der Waals surface area contributed by atoms with Gasteiger partial charge in [0.05, 0.1) is 11.5 Å². The number of aliphatic hydroxyl groups is 1. The van der Waals surface area contributed by atoms with Crippen LogP contribution in [0.5, 0.6) is 0 Å². The van der Waals surface area contributed by atoms with Crippen LogP contribution < -0.4 is 5.32 Å². The lowest BCUT2D eigenvalue weighted by Gasteiger charge is -2.33. The highest BCUT2D eigenvalue weighted by Gasteiger charge is 2.32. The molecule has 2 N–H and O–H groups in total. The third-order valence-corrected chi connectivity index (χ3v) is 5.53. The predicted molar refractivity (Wildman–Crippen MR) is 79.4 cm³/mol. The molecule has 0 aliphatic carbocycles. The van der Waals surface area contributed by atoms with Crippen molar-refractivity contribution in [3.63, 3.8) is 0 Å². The Morgan fingerprint density at radius 2 is 2.00 bits per heavy atom. The fourth-order valence-electron chi connectivity index (χ4n) is 2.52. The van der Waals surface area contributed by atoms with E-state index in [1.54, 1.807) is 12.1 Å². The second kappa shape index (κ2) is 6.55. The van der Waals surface area contributed by atoms with Crippen LogP contribution in [0.25, 0.3) is 0 Å². The van der Waals surface area contributed by atoms with E-state index >= 15 is 0 Å². The van der Waals surface area contributed by atoms with Gasteiger partial charge in [-0.05, 0) is 37.1 Å². The Morgan fingerprint density at radius 1 is 1.33 bits per heavy atom. The number of sulfonamides is 1. The minimum atomic E-state index is -3.61. The van der Waals surface area contributed by atoms with Crippen LogP contribution in [0.4, 0.5) is 5.69 Å². The molecular weight excluding hydrogens is 292 g/mol. The number of amides is 1. The zero-order valence-corrected chi connectivity index (χ0v) is 12.8. The summed E-state index contributed by atoms with van der Waals surface area (Å²) in [5.41, 5.74) is 0.554. The maximum atomic E-state index is 12.6. The Hall–Kier alpha value is -1.44. The largest absolute Gasteiger partial charge is 0.395 e. The van der Waals surface area contributed by atoms with Crippen molar-refractivity contribution in [3.05, 3.63) is 24.3 Å². The monoisotopic (exact) mass is 312 g/mol. The van der Waals surface area contributed by atoms with Gasteiger partial charge in [0.25, 0.3) is 0 Å². The second-order valence-corrected chi connectivity index (χ2v) is 7.04. The van der Waals surface area contributed by atoms with Crippen molar-refractivity contribution in [1.82, 2.24) is 4.31 Å². The zero-order valence-electron chi connectivity index (χ0n) is 11.9. The summed E-state index contributed by atoms with van der Waals surface area (Å²) in [5.74, 6) is -0.206. The SMILES string of the molecule is CC(=O)Nc1ccc(S(=O)(=O)N2CCCCC2CO)cc1. The maximum Gasteiger partial charge on any atom is 0.243 e. The number of piperidine rings is 1. The summed E-state index contributed by atoms with van der Waals surface area (Å²) in [6, 6.07) is 5.73. The van der Waals surface area contributed by atoms with Gasteiger partial charge in [0.15, 0.2) is 0 Å². The minimum absolute atomic E-state index is 0.163. The molecule has 0 saturated carbocycles. The van der Waals surface area contributed by atoms with Crippen LogP contribution >= 0.6 is 0 Å². The van der Waals surface area contributed by atoms with Gasteiger partial charge in [-0.1, -0.05) is 6.42 Å². The molecule has 1 atom stereocenters. The van der Waals surface area contributed by atoms with Crippen molar-refractivity contribution in [2.45, 2.75) is 37.1 Å². The highest BCUT2D eigenvalue weighted by Crippen LogP contribution is 2.25. The summed E-state index contributed by atoms with van der Waals surface area (Å²) in [6.45, 7) is 1.66. The quantitative estimate of drug-likeness (QED) is 0.874. The van der Waals surface area contributed by atoms with E-state index in [0.717, 1.165) is 12.8 Å². The van der Waals surface area contributed by atoms with Crippen LogP contribution in [0.2, 0.25) is 0 Å². The summed E-state index contributed by atoms with van der Waals surface area (Å²) < 4.78 is 26.6. The number of aliphatic hydroxyl groups excluding tert-OH is 1. The predicted octanol–water partition coefficient (Wildman–Crippen LogP) is 1.18. The molecule has 21 heavy (non-hydrogen) atoms. The van der Waals surface area contributed by atoms with Crippen LogP contribution in [0.1, 0.15) is 26.2 Å². The lowest BCUT2D eigenvalue weighted by Crippen LogP contribution is -2.45. The summed E-state index contributed by atoms with van der Waals surface area (Å²) in [7, 11) is -3.61. The molecule has 1 heterocycles. The van der Waals surface area contributed by atoms with Gasteiger partial charge in [-0.3, -0.25) is 4.79 Å². The average Bonchev–Trinajstić information content (AvgIpc) is 2.47. The molecule has 0 aromatic heterocycles. The molecule has 2 rings (SSSR count). The molecule has 1 aliphatic heterocycles. The molecule has 1 saturated heterocycles. The van der Waals surface area contributed by atoms with Crippen LogP contribution in [0.3, 0.4) is 0 Å². The van der Waals surface area contributed by atoms with Crippen LogP contribution in [0, 0.1) is 0 Å². The van der Waals surface area contributed by atoms with E-state index in [4.69, 9.17) is 0 Å². The van der Waals surface area contributed by atoms with Gasteiger partial charge in [0.2, 0.25) is 15.9 Å². The average molecular weight is 312 g/mol.